The molecule has 1 aliphatic carbocycles. The molecular weight excluding hydrogens is 236 g/mol. The quantitative estimate of drug-likeness (QED) is 0.847. The van der Waals surface area contributed by atoms with Crippen LogP contribution in [0, 0.1) is 5.41 Å². The maximum absolute atomic E-state index is 12.8. The first kappa shape index (κ1) is 15.0. The summed E-state index contributed by atoms with van der Waals surface area (Å²) in [6, 6.07) is 0. The summed E-state index contributed by atoms with van der Waals surface area (Å²) in [5.41, 5.74) is -0.234. The number of aliphatic hydroxyl groups is 1. The van der Waals surface area contributed by atoms with Crippen LogP contribution in [-0.4, -0.2) is 29.1 Å². The highest BCUT2D eigenvalue weighted by Gasteiger charge is 2.65. The van der Waals surface area contributed by atoms with Crippen LogP contribution in [0.2, 0.25) is 0 Å². The van der Waals surface area contributed by atoms with E-state index in [4.69, 9.17) is 0 Å². The highest BCUT2D eigenvalue weighted by molar-refractivity contribution is 7.94. The number of sulfone groups is 1. The van der Waals surface area contributed by atoms with Gasteiger partial charge in [-0.1, -0.05) is 20.8 Å². The largest absolute Gasteiger partial charge is 0.393 e. The third-order valence-corrected chi connectivity index (χ3v) is 7.77. The third kappa shape index (κ3) is 2.26. The second kappa shape index (κ2) is 3.95. The molecule has 1 atom stereocenters. The minimum atomic E-state index is -3.24. The lowest BCUT2D eigenvalue weighted by Crippen LogP contribution is -2.48. The Hall–Kier alpha value is -0.0900. The summed E-state index contributed by atoms with van der Waals surface area (Å²) in [6.45, 7) is 11.1. The molecule has 1 aliphatic rings. The maximum Gasteiger partial charge on any atom is 0.161 e. The van der Waals surface area contributed by atoms with Crippen LogP contribution >= 0.6 is 0 Å². The van der Waals surface area contributed by atoms with Crippen molar-refractivity contribution in [2.24, 2.45) is 5.41 Å². The molecule has 0 spiro atoms. The van der Waals surface area contributed by atoms with E-state index in [0.717, 1.165) is 12.8 Å². The lowest BCUT2D eigenvalue weighted by molar-refractivity contribution is 0.171. The van der Waals surface area contributed by atoms with Gasteiger partial charge in [-0.3, -0.25) is 0 Å². The smallest absolute Gasteiger partial charge is 0.161 e. The summed E-state index contributed by atoms with van der Waals surface area (Å²) in [7, 11) is -3.24. The topological polar surface area (TPSA) is 54.4 Å². The van der Waals surface area contributed by atoms with E-state index >= 15 is 0 Å². The lowest BCUT2D eigenvalue weighted by atomic mass is 9.89. The molecule has 0 bridgehead atoms. The van der Waals surface area contributed by atoms with E-state index in [1.165, 1.54) is 0 Å². The Morgan fingerprint density at radius 1 is 1.18 bits per heavy atom. The summed E-state index contributed by atoms with van der Waals surface area (Å²) in [6.07, 6.45) is 1.22. The number of aliphatic hydroxyl groups excluding tert-OH is 1. The molecule has 3 nitrogen and oxygen atoms in total. The molecule has 0 aromatic heterocycles. The second-order valence-corrected chi connectivity index (χ2v) is 9.95. The minimum Gasteiger partial charge on any atom is -0.393 e. The van der Waals surface area contributed by atoms with E-state index in [0.29, 0.717) is 6.42 Å². The Balaban J connectivity index is 3.13. The molecule has 0 amide bonds. The summed E-state index contributed by atoms with van der Waals surface area (Å²) in [4.78, 5) is 0. The molecule has 1 saturated carbocycles. The molecule has 0 aromatic carbocycles. The molecule has 0 saturated heterocycles. The Morgan fingerprint density at radius 3 is 1.82 bits per heavy atom. The number of hydrogen-bond acceptors (Lipinski definition) is 3. The van der Waals surface area contributed by atoms with Gasteiger partial charge in [0.2, 0.25) is 0 Å². The zero-order valence-electron chi connectivity index (χ0n) is 11.9. The first-order valence-corrected chi connectivity index (χ1v) is 7.78. The van der Waals surface area contributed by atoms with Crippen molar-refractivity contribution in [1.82, 2.24) is 0 Å². The monoisotopic (exact) mass is 262 g/mol. The van der Waals surface area contributed by atoms with Gasteiger partial charge in [0.1, 0.15) is 0 Å². The molecule has 1 unspecified atom stereocenters. The van der Waals surface area contributed by atoms with Crippen LogP contribution in [0.3, 0.4) is 0 Å². The number of hydrogen-bond donors (Lipinski definition) is 1. The molecule has 4 heteroatoms. The van der Waals surface area contributed by atoms with Crippen LogP contribution in [0.15, 0.2) is 0 Å². The Morgan fingerprint density at radius 2 is 1.59 bits per heavy atom. The third-order valence-electron chi connectivity index (χ3n) is 4.10. The van der Waals surface area contributed by atoms with E-state index < -0.39 is 25.4 Å². The average Bonchev–Trinajstić information content (AvgIpc) is 2.77. The molecule has 1 N–H and O–H groups in total. The average molecular weight is 262 g/mol. The standard InChI is InChI=1S/C13H26O3S/c1-10(14)9-12(5,6)17(15,16)13(7-8-13)11(2,3)4/h10,14H,7-9H2,1-6H3. The van der Waals surface area contributed by atoms with Crippen LogP contribution in [0.1, 0.15) is 60.8 Å². The predicted octanol–water partition coefficient (Wildman–Crippen LogP) is 2.53. The fourth-order valence-electron chi connectivity index (χ4n) is 2.89. The van der Waals surface area contributed by atoms with E-state index in [1.54, 1.807) is 20.8 Å². The minimum absolute atomic E-state index is 0.234. The Bertz CT molecular complexity index is 381. The van der Waals surface area contributed by atoms with Gasteiger partial charge in [-0.25, -0.2) is 8.42 Å². The number of rotatable bonds is 4. The van der Waals surface area contributed by atoms with Gasteiger partial charge in [0.25, 0.3) is 0 Å². The van der Waals surface area contributed by atoms with Crippen molar-refractivity contribution in [2.75, 3.05) is 0 Å². The van der Waals surface area contributed by atoms with Gasteiger partial charge in [-0.2, -0.15) is 0 Å². The summed E-state index contributed by atoms with van der Waals surface area (Å²) >= 11 is 0. The normalized spacial score (nSPS) is 22.3. The molecule has 0 aromatic rings. The van der Waals surface area contributed by atoms with E-state index in [9.17, 15) is 13.5 Å². The van der Waals surface area contributed by atoms with Crippen molar-refractivity contribution in [3.05, 3.63) is 0 Å². The fraction of sp³-hybridized carbons (Fsp3) is 1.00. The zero-order chi connectivity index (χ0) is 13.7. The first-order chi connectivity index (χ1) is 7.37. The lowest BCUT2D eigenvalue weighted by Gasteiger charge is -2.38. The van der Waals surface area contributed by atoms with E-state index in [2.05, 4.69) is 0 Å². The molecule has 0 aliphatic heterocycles. The van der Waals surface area contributed by atoms with Gasteiger partial charge in [0.15, 0.2) is 9.84 Å². The fourth-order valence-corrected chi connectivity index (χ4v) is 5.85. The van der Waals surface area contributed by atoms with Gasteiger partial charge in [-0.15, -0.1) is 0 Å². The highest BCUT2D eigenvalue weighted by atomic mass is 32.2. The first-order valence-electron chi connectivity index (χ1n) is 6.30. The van der Waals surface area contributed by atoms with E-state index in [1.807, 2.05) is 20.8 Å². The van der Waals surface area contributed by atoms with E-state index in [-0.39, 0.29) is 5.41 Å². The van der Waals surface area contributed by atoms with Crippen LogP contribution in [0.4, 0.5) is 0 Å². The van der Waals surface area contributed by atoms with Crippen LogP contribution < -0.4 is 0 Å². The predicted molar refractivity (Wildman–Crippen MR) is 70.7 cm³/mol. The SMILES string of the molecule is CC(O)CC(C)(C)S(=O)(=O)C1(C(C)(C)C)CC1. The van der Waals surface area contributed by atoms with Gasteiger partial charge in [0.05, 0.1) is 15.6 Å². The molecule has 1 fully saturated rings. The van der Waals surface area contributed by atoms with Gasteiger partial charge in [-0.05, 0) is 45.4 Å². The molecule has 0 heterocycles. The second-order valence-electron chi connectivity index (χ2n) is 7.06. The summed E-state index contributed by atoms with van der Waals surface area (Å²) in [5.74, 6) is 0. The molecule has 102 valence electrons. The Kier molecular flexibility index (Phi) is 3.48. The van der Waals surface area contributed by atoms with Crippen LogP contribution in [0.5, 0.6) is 0 Å². The highest BCUT2D eigenvalue weighted by Crippen LogP contribution is 2.59. The van der Waals surface area contributed by atoms with Crippen molar-refractivity contribution >= 4 is 9.84 Å². The van der Waals surface area contributed by atoms with Crippen LogP contribution in [0.25, 0.3) is 0 Å². The van der Waals surface area contributed by atoms with Crippen molar-refractivity contribution in [1.29, 1.82) is 0 Å². The van der Waals surface area contributed by atoms with Crippen molar-refractivity contribution < 1.29 is 13.5 Å². The molecule has 0 radical (unpaired) electrons. The van der Waals surface area contributed by atoms with Crippen molar-refractivity contribution in [3.63, 3.8) is 0 Å². The van der Waals surface area contributed by atoms with Crippen LogP contribution in [-0.2, 0) is 9.84 Å². The van der Waals surface area contributed by atoms with Gasteiger partial charge in [0, 0.05) is 0 Å². The maximum atomic E-state index is 12.8. The summed E-state index contributed by atoms with van der Waals surface area (Å²) < 4.78 is 24.2. The van der Waals surface area contributed by atoms with Gasteiger partial charge < -0.3 is 5.11 Å². The molecular formula is C13H26O3S. The Labute approximate surface area is 106 Å². The van der Waals surface area contributed by atoms with Gasteiger partial charge >= 0.3 is 0 Å². The summed E-state index contributed by atoms with van der Waals surface area (Å²) in [5, 5.41) is 9.48. The zero-order valence-corrected chi connectivity index (χ0v) is 12.7. The van der Waals surface area contributed by atoms with Crippen molar-refractivity contribution in [2.45, 2.75) is 76.4 Å². The molecule has 17 heavy (non-hydrogen) atoms. The molecule has 1 rings (SSSR count). The van der Waals surface area contributed by atoms with Crippen molar-refractivity contribution in [3.8, 4) is 0 Å².